The lowest BCUT2D eigenvalue weighted by molar-refractivity contribution is -0.147. The summed E-state index contributed by atoms with van der Waals surface area (Å²) in [5.41, 5.74) is 0.429. The quantitative estimate of drug-likeness (QED) is 0.645. The number of benzene rings is 1. The first-order chi connectivity index (χ1) is 13.8. The van der Waals surface area contributed by atoms with E-state index in [9.17, 15) is 23.1 Å². The number of hydrogen-bond acceptors (Lipinski definition) is 5. The van der Waals surface area contributed by atoms with Crippen LogP contribution in [0.4, 0.5) is 5.69 Å². The molecule has 4 rings (SSSR count). The average molecular weight is 423 g/mol. The molecule has 3 N–H and O–H groups in total. The van der Waals surface area contributed by atoms with Crippen molar-refractivity contribution in [1.82, 2.24) is 4.72 Å². The Bertz CT molecular complexity index is 879. The standard InChI is InChI=1S/C20H26N2O6S/c23-19(17-15-10-11-16(28-15)18(17)20(24)25)21-12-6-8-14(9-7-12)29(26,27)22-13-4-2-1-3-5-13/h6-9,13,15-18,22H,1-5,10-11H2,(H,21,23)(H,24,25)/t15-,16+,17?,18?/m0/s1. The van der Waals surface area contributed by atoms with Crippen molar-refractivity contribution in [2.75, 3.05) is 5.32 Å². The van der Waals surface area contributed by atoms with Crippen molar-refractivity contribution in [2.45, 2.75) is 68.1 Å². The number of carboxylic acids is 1. The predicted octanol–water partition coefficient (Wildman–Crippen LogP) is 2.11. The third-order valence-corrected chi connectivity index (χ3v) is 7.76. The largest absolute Gasteiger partial charge is 0.481 e. The van der Waals surface area contributed by atoms with Crippen molar-refractivity contribution < 1.29 is 27.9 Å². The van der Waals surface area contributed by atoms with Gasteiger partial charge in [0.2, 0.25) is 15.9 Å². The van der Waals surface area contributed by atoms with Crippen molar-refractivity contribution >= 4 is 27.6 Å². The molecule has 1 saturated carbocycles. The average Bonchev–Trinajstić information content (AvgIpc) is 3.30. The van der Waals surface area contributed by atoms with Gasteiger partial charge in [-0.15, -0.1) is 0 Å². The highest BCUT2D eigenvalue weighted by atomic mass is 32.2. The highest BCUT2D eigenvalue weighted by Gasteiger charge is 2.55. The van der Waals surface area contributed by atoms with Crippen molar-refractivity contribution in [3.63, 3.8) is 0 Å². The van der Waals surface area contributed by atoms with Gasteiger partial charge in [0.15, 0.2) is 0 Å². The van der Waals surface area contributed by atoms with Crippen LogP contribution in [-0.4, -0.2) is 43.7 Å². The maximum absolute atomic E-state index is 12.7. The number of fused-ring (bicyclic) bond motifs is 2. The molecule has 2 saturated heterocycles. The zero-order chi connectivity index (χ0) is 20.6. The van der Waals surface area contributed by atoms with Gasteiger partial charge in [0, 0.05) is 11.7 Å². The first kappa shape index (κ1) is 20.3. The molecule has 3 fully saturated rings. The molecule has 3 aliphatic rings. The zero-order valence-corrected chi connectivity index (χ0v) is 16.9. The Hall–Kier alpha value is -1.97. The van der Waals surface area contributed by atoms with Crippen LogP contribution < -0.4 is 10.0 Å². The van der Waals surface area contributed by atoms with Crippen molar-refractivity contribution in [2.24, 2.45) is 11.8 Å². The van der Waals surface area contributed by atoms with Crippen LogP contribution in [0.2, 0.25) is 0 Å². The molecule has 1 aromatic rings. The minimum atomic E-state index is -3.61. The number of carbonyl (C=O) groups is 2. The van der Waals surface area contributed by atoms with E-state index in [4.69, 9.17) is 4.74 Å². The maximum atomic E-state index is 12.7. The van der Waals surface area contributed by atoms with Gasteiger partial charge in [0.25, 0.3) is 0 Å². The third kappa shape index (κ3) is 4.17. The highest BCUT2D eigenvalue weighted by Crippen LogP contribution is 2.44. The number of rotatable bonds is 6. The fourth-order valence-corrected chi connectivity index (χ4v) is 6.08. The molecule has 9 heteroatoms. The molecule has 158 valence electrons. The molecule has 2 heterocycles. The van der Waals surface area contributed by atoms with Gasteiger partial charge in [-0.25, -0.2) is 13.1 Å². The van der Waals surface area contributed by atoms with E-state index in [0.29, 0.717) is 18.5 Å². The normalized spacial score (nSPS) is 29.7. The van der Waals surface area contributed by atoms with Gasteiger partial charge in [-0.1, -0.05) is 19.3 Å². The first-order valence-electron chi connectivity index (χ1n) is 10.2. The number of aliphatic carboxylic acids is 1. The van der Waals surface area contributed by atoms with Crippen LogP contribution in [-0.2, 0) is 24.3 Å². The SMILES string of the molecule is O=C(Nc1ccc(S(=O)(=O)NC2CCCCC2)cc1)C1C(C(=O)O)[C@H]2CC[C@@H]1O2. The number of nitrogens with one attached hydrogen (secondary N) is 2. The Morgan fingerprint density at radius 2 is 1.55 bits per heavy atom. The van der Waals surface area contributed by atoms with Crippen molar-refractivity contribution in [3.8, 4) is 0 Å². The Morgan fingerprint density at radius 3 is 2.17 bits per heavy atom. The lowest BCUT2D eigenvalue weighted by atomic mass is 9.78. The van der Waals surface area contributed by atoms with Crippen LogP contribution in [0.5, 0.6) is 0 Å². The number of carbonyl (C=O) groups excluding carboxylic acids is 1. The van der Waals surface area contributed by atoms with Crippen molar-refractivity contribution in [1.29, 1.82) is 0 Å². The topological polar surface area (TPSA) is 122 Å². The molecule has 0 aromatic heterocycles. The molecule has 2 aliphatic heterocycles. The van der Waals surface area contributed by atoms with E-state index in [1.807, 2.05) is 0 Å². The summed E-state index contributed by atoms with van der Waals surface area (Å²) in [6.07, 6.45) is 5.45. The number of hydrogen-bond donors (Lipinski definition) is 3. The van der Waals surface area contributed by atoms with E-state index in [-0.39, 0.29) is 17.0 Å². The van der Waals surface area contributed by atoms with Gasteiger partial charge in [-0.3, -0.25) is 9.59 Å². The van der Waals surface area contributed by atoms with Crippen molar-refractivity contribution in [3.05, 3.63) is 24.3 Å². The summed E-state index contributed by atoms with van der Waals surface area (Å²) < 4.78 is 33.5. The van der Waals surface area contributed by atoms with Gasteiger partial charge in [0.05, 0.1) is 28.9 Å². The summed E-state index contributed by atoms with van der Waals surface area (Å²) in [5, 5.41) is 12.2. The van der Waals surface area contributed by atoms with Gasteiger partial charge < -0.3 is 15.2 Å². The summed E-state index contributed by atoms with van der Waals surface area (Å²) in [6, 6.07) is 5.92. The van der Waals surface area contributed by atoms with Crippen LogP contribution in [0.15, 0.2) is 29.2 Å². The van der Waals surface area contributed by atoms with E-state index < -0.39 is 39.8 Å². The number of anilines is 1. The van der Waals surface area contributed by atoms with E-state index in [0.717, 1.165) is 32.1 Å². The van der Waals surface area contributed by atoms with Crippen LogP contribution >= 0.6 is 0 Å². The van der Waals surface area contributed by atoms with E-state index in [1.54, 1.807) is 0 Å². The number of ether oxygens (including phenoxy) is 1. The van der Waals surface area contributed by atoms with Gasteiger partial charge >= 0.3 is 5.97 Å². The maximum Gasteiger partial charge on any atom is 0.310 e. The molecule has 1 aliphatic carbocycles. The molecule has 2 bridgehead atoms. The van der Waals surface area contributed by atoms with E-state index in [1.165, 1.54) is 24.3 Å². The monoisotopic (exact) mass is 422 g/mol. The Morgan fingerprint density at radius 1 is 0.931 bits per heavy atom. The summed E-state index contributed by atoms with van der Waals surface area (Å²) in [4.78, 5) is 24.4. The molecule has 8 nitrogen and oxygen atoms in total. The van der Waals surface area contributed by atoms with E-state index in [2.05, 4.69) is 10.0 Å². The predicted molar refractivity (Wildman–Crippen MR) is 105 cm³/mol. The number of carboxylic acid groups (broad SMARTS) is 1. The van der Waals surface area contributed by atoms with Gasteiger partial charge in [-0.2, -0.15) is 0 Å². The summed E-state index contributed by atoms with van der Waals surface area (Å²) >= 11 is 0. The molecule has 29 heavy (non-hydrogen) atoms. The third-order valence-electron chi connectivity index (χ3n) is 6.22. The molecule has 0 radical (unpaired) electrons. The minimum Gasteiger partial charge on any atom is -0.481 e. The number of sulfonamides is 1. The zero-order valence-electron chi connectivity index (χ0n) is 16.0. The fraction of sp³-hybridized carbons (Fsp3) is 0.600. The highest BCUT2D eigenvalue weighted by molar-refractivity contribution is 7.89. The Labute approximate surface area is 170 Å². The molecule has 2 unspecified atom stereocenters. The second kappa shape index (κ2) is 8.04. The molecule has 1 aromatic carbocycles. The second-order valence-electron chi connectivity index (χ2n) is 8.15. The lowest BCUT2D eigenvalue weighted by Gasteiger charge is -2.24. The van der Waals surface area contributed by atoms with Gasteiger partial charge in [0.1, 0.15) is 0 Å². The Kier molecular flexibility index (Phi) is 5.63. The molecular formula is C20H26N2O6S. The lowest BCUT2D eigenvalue weighted by Crippen LogP contribution is -2.40. The minimum absolute atomic E-state index is 0.0288. The summed E-state index contributed by atoms with van der Waals surface area (Å²) in [5.74, 6) is -3.00. The number of amides is 1. The molecule has 1 amide bonds. The van der Waals surface area contributed by atoms with Crippen LogP contribution in [0, 0.1) is 11.8 Å². The van der Waals surface area contributed by atoms with Crippen LogP contribution in [0.1, 0.15) is 44.9 Å². The second-order valence-corrected chi connectivity index (χ2v) is 9.86. The van der Waals surface area contributed by atoms with Gasteiger partial charge in [-0.05, 0) is 49.9 Å². The smallest absolute Gasteiger partial charge is 0.310 e. The first-order valence-corrected chi connectivity index (χ1v) is 11.6. The Balaban J connectivity index is 1.41. The van der Waals surface area contributed by atoms with E-state index >= 15 is 0 Å². The van der Waals surface area contributed by atoms with Crippen LogP contribution in [0.25, 0.3) is 0 Å². The summed E-state index contributed by atoms with van der Waals surface area (Å²) in [6.45, 7) is 0. The fourth-order valence-electron chi connectivity index (χ4n) is 4.78. The summed E-state index contributed by atoms with van der Waals surface area (Å²) in [7, 11) is -3.61. The molecule has 4 atom stereocenters. The molecule has 0 spiro atoms. The molecular weight excluding hydrogens is 396 g/mol. The van der Waals surface area contributed by atoms with Crippen LogP contribution in [0.3, 0.4) is 0 Å².